The summed E-state index contributed by atoms with van der Waals surface area (Å²) in [5.41, 5.74) is 8.04. The van der Waals surface area contributed by atoms with Gasteiger partial charge in [0.2, 0.25) is 0 Å². The molecule has 0 fully saturated rings. The Morgan fingerprint density at radius 1 is 1.40 bits per heavy atom. The maximum Gasteiger partial charge on any atom is 0.265 e. The molecule has 0 unspecified atom stereocenters. The Morgan fingerprint density at radius 2 is 2.10 bits per heavy atom. The molecule has 0 radical (unpaired) electrons. The summed E-state index contributed by atoms with van der Waals surface area (Å²) < 4.78 is 0. The number of carbonyl (C=O) groups is 1. The number of hydrogen-bond donors (Lipinski definition) is 2. The smallest absolute Gasteiger partial charge is 0.265 e. The molecule has 0 aliphatic carbocycles. The van der Waals surface area contributed by atoms with Gasteiger partial charge in [0.05, 0.1) is 0 Å². The van der Waals surface area contributed by atoms with Crippen molar-refractivity contribution in [3.05, 3.63) is 40.3 Å². The number of aryl methyl sites for hydroxylation is 1. The molecule has 5 nitrogen and oxygen atoms in total. The summed E-state index contributed by atoms with van der Waals surface area (Å²) in [6.45, 7) is 2.51. The minimum atomic E-state index is -0.184. The van der Waals surface area contributed by atoms with Gasteiger partial charge in [-0.15, -0.1) is 0 Å². The predicted molar refractivity (Wildman–Crippen MR) is 83.2 cm³/mol. The zero-order valence-electron chi connectivity index (χ0n) is 11.8. The van der Waals surface area contributed by atoms with E-state index in [1.807, 2.05) is 50.2 Å². The first-order chi connectivity index (χ1) is 9.49. The molecule has 1 amide bonds. The van der Waals surface area contributed by atoms with E-state index in [4.69, 9.17) is 5.73 Å². The summed E-state index contributed by atoms with van der Waals surface area (Å²) in [5, 5.41) is 3.61. The number of nitrogens with two attached hydrogens (primary N) is 1. The van der Waals surface area contributed by atoms with E-state index in [1.54, 1.807) is 0 Å². The lowest BCUT2D eigenvalue weighted by atomic mass is 10.1. The largest absolute Gasteiger partial charge is 0.382 e. The Labute approximate surface area is 122 Å². The molecular formula is C14H18N4OS. The Morgan fingerprint density at radius 3 is 2.70 bits per heavy atom. The Hall–Kier alpha value is -2.08. The third-order valence-electron chi connectivity index (χ3n) is 2.93. The van der Waals surface area contributed by atoms with Crippen LogP contribution in [0.15, 0.2) is 24.3 Å². The van der Waals surface area contributed by atoms with Crippen LogP contribution in [0.1, 0.15) is 20.8 Å². The van der Waals surface area contributed by atoms with Crippen molar-refractivity contribution in [1.29, 1.82) is 0 Å². The van der Waals surface area contributed by atoms with Gasteiger partial charge >= 0.3 is 0 Å². The van der Waals surface area contributed by atoms with Crippen LogP contribution in [0, 0.1) is 6.92 Å². The van der Waals surface area contributed by atoms with Crippen LogP contribution in [0.3, 0.4) is 0 Å². The van der Waals surface area contributed by atoms with Crippen molar-refractivity contribution < 1.29 is 4.79 Å². The average molecular weight is 290 g/mol. The van der Waals surface area contributed by atoms with E-state index in [-0.39, 0.29) is 11.7 Å². The second-order valence-corrected chi connectivity index (χ2v) is 5.69. The number of carbonyl (C=O) groups excluding carboxylic acids is 1. The second-order valence-electron chi connectivity index (χ2n) is 4.71. The van der Waals surface area contributed by atoms with Crippen LogP contribution >= 0.6 is 11.3 Å². The number of nitrogens with one attached hydrogen (secondary N) is 1. The van der Waals surface area contributed by atoms with Crippen LogP contribution in [0.4, 0.5) is 10.9 Å². The Bertz CT molecular complexity index is 621. The number of anilines is 2. The highest BCUT2D eigenvalue weighted by Crippen LogP contribution is 2.26. The summed E-state index contributed by atoms with van der Waals surface area (Å²) in [5.74, 6) is 0.0948. The van der Waals surface area contributed by atoms with Crippen LogP contribution in [-0.4, -0.2) is 25.0 Å². The highest BCUT2D eigenvalue weighted by atomic mass is 32.1. The van der Waals surface area contributed by atoms with Gasteiger partial charge in [0.25, 0.3) is 5.91 Å². The van der Waals surface area contributed by atoms with Crippen LogP contribution < -0.4 is 16.0 Å². The fourth-order valence-corrected chi connectivity index (χ4v) is 2.56. The maximum atomic E-state index is 12.1. The van der Waals surface area contributed by atoms with Gasteiger partial charge in [-0.3, -0.25) is 4.79 Å². The Balaban J connectivity index is 2.07. The molecule has 0 bridgehead atoms. The van der Waals surface area contributed by atoms with E-state index >= 15 is 0 Å². The fraction of sp³-hybridized carbons (Fsp3) is 0.286. The zero-order valence-corrected chi connectivity index (χ0v) is 12.6. The number of nitrogens with zero attached hydrogens (tertiary/aromatic N) is 2. The monoisotopic (exact) mass is 290 g/mol. The van der Waals surface area contributed by atoms with Gasteiger partial charge in [0.1, 0.15) is 10.7 Å². The molecule has 0 aliphatic rings. The molecule has 0 atom stereocenters. The molecule has 0 spiro atoms. The molecule has 0 aliphatic heterocycles. The normalized spacial score (nSPS) is 10.3. The lowest BCUT2D eigenvalue weighted by Gasteiger charge is -2.07. The van der Waals surface area contributed by atoms with Crippen LogP contribution in [0.5, 0.6) is 0 Å². The molecule has 3 N–H and O–H groups in total. The number of nitrogen functional groups attached to an aromatic ring is 1. The molecule has 0 saturated carbocycles. The van der Waals surface area contributed by atoms with E-state index in [9.17, 15) is 4.79 Å². The third-order valence-corrected chi connectivity index (χ3v) is 4.17. The lowest BCUT2D eigenvalue weighted by molar-refractivity contribution is 0.0955. The zero-order chi connectivity index (χ0) is 14.7. The van der Waals surface area contributed by atoms with Crippen molar-refractivity contribution in [2.45, 2.75) is 13.5 Å². The summed E-state index contributed by atoms with van der Waals surface area (Å²) in [6, 6.07) is 7.95. The number of rotatable bonds is 4. The quantitative estimate of drug-likeness (QED) is 0.904. The topological polar surface area (TPSA) is 71.2 Å². The van der Waals surface area contributed by atoms with Crippen LogP contribution in [0.2, 0.25) is 0 Å². The number of amides is 1. The van der Waals surface area contributed by atoms with Crippen LogP contribution in [-0.2, 0) is 6.54 Å². The van der Waals surface area contributed by atoms with Gasteiger partial charge < -0.3 is 16.0 Å². The molecule has 20 heavy (non-hydrogen) atoms. The lowest BCUT2D eigenvalue weighted by Crippen LogP contribution is -2.23. The van der Waals surface area contributed by atoms with E-state index in [1.165, 1.54) is 11.3 Å². The minimum Gasteiger partial charge on any atom is -0.382 e. The molecule has 1 heterocycles. The van der Waals surface area contributed by atoms with Gasteiger partial charge in [-0.2, -0.15) is 0 Å². The van der Waals surface area contributed by atoms with Crippen molar-refractivity contribution >= 4 is 28.2 Å². The summed E-state index contributed by atoms with van der Waals surface area (Å²) in [7, 11) is 3.74. The molecule has 1 aromatic heterocycles. The van der Waals surface area contributed by atoms with Gasteiger partial charge in [-0.05, 0) is 18.1 Å². The number of thiazole rings is 1. The number of hydrogen-bond acceptors (Lipinski definition) is 5. The van der Waals surface area contributed by atoms with E-state index in [2.05, 4.69) is 10.3 Å². The van der Waals surface area contributed by atoms with Crippen LogP contribution in [0.25, 0.3) is 0 Å². The van der Waals surface area contributed by atoms with Crippen molar-refractivity contribution in [2.24, 2.45) is 0 Å². The molecule has 6 heteroatoms. The van der Waals surface area contributed by atoms with E-state index in [0.29, 0.717) is 11.4 Å². The molecule has 106 valence electrons. The summed E-state index contributed by atoms with van der Waals surface area (Å²) in [6.07, 6.45) is 0. The highest BCUT2D eigenvalue weighted by molar-refractivity contribution is 7.18. The molecule has 1 aromatic carbocycles. The first-order valence-corrected chi connectivity index (χ1v) is 7.07. The number of benzene rings is 1. The highest BCUT2D eigenvalue weighted by Gasteiger charge is 2.16. The summed E-state index contributed by atoms with van der Waals surface area (Å²) in [4.78, 5) is 18.6. The molecular weight excluding hydrogens is 272 g/mol. The van der Waals surface area contributed by atoms with Gasteiger partial charge in [-0.1, -0.05) is 35.6 Å². The van der Waals surface area contributed by atoms with Gasteiger partial charge in [0, 0.05) is 20.6 Å². The van der Waals surface area contributed by atoms with Gasteiger partial charge in [-0.25, -0.2) is 4.98 Å². The van der Waals surface area contributed by atoms with Crippen molar-refractivity contribution in [1.82, 2.24) is 10.3 Å². The SMILES string of the molecule is Cc1ccccc1CNC(=O)c1sc(N(C)C)nc1N. The average Bonchev–Trinajstić information content (AvgIpc) is 2.80. The van der Waals surface area contributed by atoms with E-state index in [0.717, 1.165) is 16.3 Å². The Kier molecular flexibility index (Phi) is 4.24. The standard InChI is InChI=1S/C14H18N4OS/c1-9-6-4-5-7-10(9)8-16-13(19)11-12(15)17-14(20-11)18(2)3/h4-7H,8,15H2,1-3H3,(H,16,19). The maximum absolute atomic E-state index is 12.1. The predicted octanol–water partition coefficient (Wildman–Crippen LogP) is 2.03. The minimum absolute atomic E-state index is 0.184. The second kappa shape index (κ2) is 5.92. The first-order valence-electron chi connectivity index (χ1n) is 6.25. The molecule has 0 saturated heterocycles. The number of aromatic nitrogens is 1. The summed E-state index contributed by atoms with van der Waals surface area (Å²) >= 11 is 1.29. The van der Waals surface area contributed by atoms with E-state index < -0.39 is 0 Å². The third kappa shape index (κ3) is 3.08. The molecule has 2 aromatic rings. The van der Waals surface area contributed by atoms with Crippen molar-refractivity contribution in [3.63, 3.8) is 0 Å². The fourth-order valence-electron chi connectivity index (χ4n) is 1.74. The first kappa shape index (κ1) is 14.3. The van der Waals surface area contributed by atoms with Crippen molar-refractivity contribution in [3.8, 4) is 0 Å². The van der Waals surface area contributed by atoms with Gasteiger partial charge in [0.15, 0.2) is 5.13 Å². The molecule has 2 rings (SSSR count). The van der Waals surface area contributed by atoms with Crippen molar-refractivity contribution in [2.75, 3.05) is 24.7 Å².